The van der Waals surface area contributed by atoms with Gasteiger partial charge in [0.25, 0.3) is 5.91 Å². The molecule has 1 amide bonds. The fourth-order valence-corrected chi connectivity index (χ4v) is 1.10. The predicted molar refractivity (Wildman–Crippen MR) is 46.5 cm³/mol. The summed E-state index contributed by atoms with van der Waals surface area (Å²) in [6.45, 7) is 0.530. The Morgan fingerprint density at radius 2 is 2.00 bits per heavy atom. The molecular formula is C8H7KN2O. The second-order valence-electron chi connectivity index (χ2n) is 2.36. The summed E-state index contributed by atoms with van der Waals surface area (Å²) in [5, 5.41) is 7.13. The SMILES string of the molecule is O=C1N=NCc2ccccc21.[KH]. The van der Waals surface area contributed by atoms with Crippen LogP contribution in [0, 0.1) is 0 Å². The van der Waals surface area contributed by atoms with Gasteiger partial charge in [-0.05, 0) is 11.6 Å². The third-order valence-electron chi connectivity index (χ3n) is 1.65. The number of benzene rings is 1. The van der Waals surface area contributed by atoms with E-state index in [1.807, 2.05) is 18.2 Å². The number of carbonyl (C=O) groups is 1. The third kappa shape index (κ3) is 1.89. The summed E-state index contributed by atoms with van der Waals surface area (Å²) in [7, 11) is 0. The molecule has 0 spiro atoms. The van der Waals surface area contributed by atoms with Gasteiger partial charge in [-0.1, -0.05) is 18.2 Å². The molecule has 0 aromatic heterocycles. The molecule has 3 nitrogen and oxygen atoms in total. The van der Waals surface area contributed by atoms with E-state index in [0.29, 0.717) is 12.1 Å². The number of amides is 1. The van der Waals surface area contributed by atoms with Gasteiger partial charge in [0.2, 0.25) is 0 Å². The monoisotopic (exact) mass is 186 g/mol. The molecule has 0 unspecified atom stereocenters. The van der Waals surface area contributed by atoms with Crippen molar-refractivity contribution in [3.63, 3.8) is 0 Å². The molecule has 0 N–H and O–H groups in total. The van der Waals surface area contributed by atoms with Crippen LogP contribution >= 0.6 is 0 Å². The van der Waals surface area contributed by atoms with Gasteiger partial charge in [-0.3, -0.25) is 4.79 Å². The normalized spacial score (nSPS) is 13.5. The average Bonchev–Trinajstić information content (AvgIpc) is 2.06. The number of hydrogen-bond donors (Lipinski definition) is 0. The Morgan fingerprint density at radius 1 is 1.25 bits per heavy atom. The molecule has 1 aromatic rings. The Kier molecular flexibility index (Phi) is 3.73. The average molecular weight is 186 g/mol. The van der Waals surface area contributed by atoms with Gasteiger partial charge in [0, 0.05) is 5.56 Å². The van der Waals surface area contributed by atoms with Crippen molar-refractivity contribution in [1.82, 2.24) is 0 Å². The first-order valence-electron chi connectivity index (χ1n) is 3.37. The Bertz CT molecular complexity index is 336. The summed E-state index contributed by atoms with van der Waals surface area (Å²) in [5.41, 5.74) is 1.65. The van der Waals surface area contributed by atoms with Crippen LogP contribution in [0.2, 0.25) is 0 Å². The molecule has 56 valence electrons. The zero-order valence-electron chi connectivity index (χ0n) is 5.82. The van der Waals surface area contributed by atoms with Gasteiger partial charge in [0.1, 0.15) is 0 Å². The Morgan fingerprint density at radius 3 is 2.75 bits per heavy atom. The molecular weight excluding hydrogens is 179 g/mol. The first-order chi connectivity index (χ1) is 5.38. The standard InChI is InChI=1S/C8H6N2O.K.H/c11-8-7-4-2-1-3-6(7)5-9-10-8;;/h1-4H,5H2;;. The first-order valence-corrected chi connectivity index (χ1v) is 3.37. The Balaban J connectivity index is 0.000000720. The van der Waals surface area contributed by atoms with Gasteiger partial charge < -0.3 is 0 Å². The number of fused-ring (bicyclic) bond motifs is 1. The van der Waals surface area contributed by atoms with Gasteiger partial charge >= 0.3 is 51.4 Å². The van der Waals surface area contributed by atoms with Crippen molar-refractivity contribution < 1.29 is 4.79 Å². The molecule has 0 saturated heterocycles. The van der Waals surface area contributed by atoms with E-state index < -0.39 is 0 Å². The van der Waals surface area contributed by atoms with E-state index in [9.17, 15) is 4.79 Å². The van der Waals surface area contributed by atoms with Crippen molar-refractivity contribution in [3.05, 3.63) is 35.4 Å². The van der Waals surface area contributed by atoms with Crippen LogP contribution in [0.5, 0.6) is 0 Å². The number of nitrogens with zero attached hydrogens (tertiary/aromatic N) is 2. The molecule has 0 saturated carbocycles. The second-order valence-corrected chi connectivity index (χ2v) is 2.36. The molecule has 0 aliphatic carbocycles. The quantitative estimate of drug-likeness (QED) is 0.560. The Hall–Kier alpha value is 0.126. The molecule has 1 aliphatic rings. The van der Waals surface area contributed by atoms with E-state index in [4.69, 9.17) is 0 Å². The second kappa shape index (κ2) is 4.39. The van der Waals surface area contributed by atoms with Crippen LogP contribution in [0.4, 0.5) is 0 Å². The van der Waals surface area contributed by atoms with E-state index in [1.165, 1.54) is 0 Å². The molecule has 0 fully saturated rings. The molecule has 0 atom stereocenters. The molecule has 12 heavy (non-hydrogen) atoms. The topological polar surface area (TPSA) is 41.8 Å². The fourth-order valence-electron chi connectivity index (χ4n) is 1.10. The molecule has 0 radical (unpaired) electrons. The van der Waals surface area contributed by atoms with Crippen molar-refractivity contribution in [3.8, 4) is 0 Å². The molecule has 1 heterocycles. The minimum absolute atomic E-state index is 0. The molecule has 0 bridgehead atoms. The van der Waals surface area contributed by atoms with Crippen molar-refractivity contribution in [2.75, 3.05) is 0 Å². The van der Waals surface area contributed by atoms with Crippen LogP contribution in [0.3, 0.4) is 0 Å². The van der Waals surface area contributed by atoms with Gasteiger partial charge in [-0.25, -0.2) is 0 Å². The summed E-state index contributed by atoms with van der Waals surface area (Å²) < 4.78 is 0. The van der Waals surface area contributed by atoms with E-state index in [0.717, 1.165) is 5.56 Å². The van der Waals surface area contributed by atoms with Gasteiger partial charge in [-0.15, -0.1) is 5.11 Å². The maximum absolute atomic E-state index is 11.0. The first kappa shape index (κ1) is 10.2. The van der Waals surface area contributed by atoms with Gasteiger partial charge in [0.15, 0.2) is 0 Å². The summed E-state index contributed by atoms with van der Waals surface area (Å²) >= 11 is 0. The maximum atomic E-state index is 11.0. The van der Waals surface area contributed by atoms with Crippen molar-refractivity contribution in [1.29, 1.82) is 0 Å². The molecule has 4 heteroatoms. The van der Waals surface area contributed by atoms with Gasteiger partial charge in [-0.2, -0.15) is 5.11 Å². The van der Waals surface area contributed by atoms with Crippen molar-refractivity contribution >= 4 is 57.3 Å². The number of rotatable bonds is 0. The third-order valence-corrected chi connectivity index (χ3v) is 1.65. The zero-order chi connectivity index (χ0) is 7.68. The zero-order valence-corrected chi connectivity index (χ0v) is 5.82. The van der Waals surface area contributed by atoms with E-state index in [-0.39, 0.29) is 57.3 Å². The van der Waals surface area contributed by atoms with Crippen molar-refractivity contribution in [2.24, 2.45) is 10.2 Å². The van der Waals surface area contributed by atoms with Crippen LogP contribution in [0.15, 0.2) is 34.5 Å². The predicted octanol–water partition coefficient (Wildman–Crippen LogP) is 1.14. The Labute approximate surface area is 113 Å². The van der Waals surface area contributed by atoms with Gasteiger partial charge in [0.05, 0.1) is 6.54 Å². The van der Waals surface area contributed by atoms with Crippen molar-refractivity contribution in [2.45, 2.75) is 6.54 Å². The fraction of sp³-hybridized carbons (Fsp3) is 0.125. The van der Waals surface area contributed by atoms with E-state index in [1.54, 1.807) is 6.07 Å². The van der Waals surface area contributed by atoms with E-state index in [2.05, 4.69) is 10.2 Å². The number of carbonyl (C=O) groups excluding carboxylic acids is 1. The molecule has 1 aromatic carbocycles. The minimum atomic E-state index is -0.230. The number of hydrogen-bond acceptors (Lipinski definition) is 2. The van der Waals surface area contributed by atoms with Crippen LogP contribution < -0.4 is 0 Å². The van der Waals surface area contributed by atoms with Crippen LogP contribution in [-0.4, -0.2) is 57.3 Å². The summed E-state index contributed by atoms with van der Waals surface area (Å²) in [4.78, 5) is 11.0. The van der Waals surface area contributed by atoms with E-state index >= 15 is 0 Å². The number of azo groups is 1. The summed E-state index contributed by atoms with van der Waals surface area (Å²) in [6, 6.07) is 7.39. The van der Waals surface area contributed by atoms with Crippen LogP contribution in [-0.2, 0) is 6.54 Å². The van der Waals surface area contributed by atoms with Crippen LogP contribution in [0.25, 0.3) is 0 Å². The molecule has 2 rings (SSSR count). The summed E-state index contributed by atoms with van der Waals surface area (Å²) in [6.07, 6.45) is 0. The molecule has 1 aliphatic heterocycles. The summed E-state index contributed by atoms with van der Waals surface area (Å²) in [5.74, 6) is -0.230. The van der Waals surface area contributed by atoms with Crippen LogP contribution in [0.1, 0.15) is 15.9 Å².